The SMILES string of the molecule is C[C@@H](C(N)=O)[NH+]1CCN(S(=O)(=O)c2ccccc2C(F)(F)F)CC1. The number of quaternary nitrogens is 1. The summed E-state index contributed by atoms with van der Waals surface area (Å²) in [6.07, 6.45) is -4.75. The van der Waals surface area contributed by atoms with Crippen LogP contribution in [0.15, 0.2) is 29.2 Å². The van der Waals surface area contributed by atoms with Gasteiger partial charge in [-0.2, -0.15) is 17.5 Å². The monoisotopic (exact) mass is 366 g/mol. The minimum atomic E-state index is -4.75. The highest BCUT2D eigenvalue weighted by Crippen LogP contribution is 2.35. The van der Waals surface area contributed by atoms with E-state index in [2.05, 4.69) is 0 Å². The number of carbonyl (C=O) groups is 1. The number of amides is 1. The Labute approximate surface area is 138 Å². The molecule has 0 unspecified atom stereocenters. The summed E-state index contributed by atoms with van der Waals surface area (Å²) in [5, 5.41) is 0. The number of piperazine rings is 1. The molecule has 2 rings (SSSR count). The molecule has 1 aliphatic heterocycles. The van der Waals surface area contributed by atoms with Gasteiger partial charge in [-0.15, -0.1) is 0 Å². The van der Waals surface area contributed by atoms with Gasteiger partial charge in [-0.05, 0) is 19.1 Å². The summed E-state index contributed by atoms with van der Waals surface area (Å²) in [4.78, 5) is 11.3. The molecule has 0 saturated carbocycles. The van der Waals surface area contributed by atoms with Crippen LogP contribution in [0.1, 0.15) is 12.5 Å². The van der Waals surface area contributed by atoms with Crippen LogP contribution >= 0.6 is 0 Å². The van der Waals surface area contributed by atoms with Crippen LogP contribution in [0.5, 0.6) is 0 Å². The van der Waals surface area contributed by atoms with Gasteiger partial charge in [0.05, 0.1) is 36.6 Å². The second kappa shape index (κ2) is 6.69. The van der Waals surface area contributed by atoms with Gasteiger partial charge in [-0.25, -0.2) is 8.42 Å². The predicted molar refractivity (Wildman–Crippen MR) is 79.6 cm³/mol. The molecule has 0 aliphatic carbocycles. The number of primary amides is 1. The highest BCUT2D eigenvalue weighted by molar-refractivity contribution is 7.89. The van der Waals surface area contributed by atoms with Crippen LogP contribution < -0.4 is 10.6 Å². The normalized spacial score (nSPS) is 19.2. The van der Waals surface area contributed by atoms with Gasteiger partial charge >= 0.3 is 6.18 Å². The first kappa shape index (κ1) is 18.7. The van der Waals surface area contributed by atoms with Gasteiger partial charge in [0.15, 0.2) is 6.04 Å². The van der Waals surface area contributed by atoms with Gasteiger partial charge < -0.3 is 10.6 Å². The molecule has 10 heteroatoms. The Bertz CT molecular complexity index is 713. The molecule has 0 aromatic heterocycles. The molecule has 0 spiro atoms. The summed E-state index contributed by atoms with van der Waals surface area (Å²) >= 11 is 0. The van der Waals surface area contributed by atoms with Crippen LogP contribution in [0.2, 0.25) is 0 Å². The number of nitrogens with one attached hydrogen (secondary N) is 1. The lowest BCUT2D eigenvalue weighted by Gasteiger charge is -2.34. The number of nitrogens with zero attached hydrogens (tertiary/aromatic N) is 1. The lowest BCUT2D eigenvalue weighted by molar-refractivity contribution is -0.917. The highest BCUT2D eigenvalue weighted by atomic mass is 32.2. The van der Waals surface area contributed by atoms with E-state index >= 15 is 0 Å². The van der Waals surface area contributed by atoms with Crippen LogP contribution in [0, 0.1) is 0 Å². The Hall–Kier alpha value is -1.65. The second-order valence-electron chi connectivity index (χ2n) is 5.68. The molecule has 3 N–H and O–H groups in total. The van der Waals surface area contributed by atoms with Crippen LogP contribution in [-0.4, -0.2) is 50.9 Å². The van der Waals surface area contributed by atoms with Crippen LogP contribution in [-0.2, 0) is 21.0 Å². The van der Waals surface area contributed by atoms with E-state index in [4.69, 9.17) is 5.73 Å². The molecule has 24 heavy (non-hydrogen) atoms. The maximum absolute atomic E-state index is 13.1. The molecule has 6 nitrogen and oxygen atoms in total. The number of alkyl halides is 3. The fraction of sp³-hybridized carbons (Fsp3) is 0.500. The van der Waals surface area contributed by atoms with Crippen molar-refractivity contribution < 1.29 is 31.3 Å². The van der Waals surface area contributed by atoms with Crippen molar-refractivity contribution in [2.45, 2.75) is 24.0 Å². The van der Waals surface area contributed by atoms with Crippen LogP contribution in [0.3, 0.4) is 0 Å². The van der Waals surface area contributed by atoms with Gasteiger partial charge in [0.2, 0.25) is 10.0 Å². The fourth-order valence-corrected chi connectivity index (χ4v) is 4.37. The standard InChI is InChI=1S/C14H18F3N3O3S/c1-10(13(18)21)19-6-8-20(9-7-19)24(22,23)12-5-3-2-4-11(12)14(15,16)17/h2-5,10H,6-9H2,1H3,(H2,18,21)/p+1/t10-/m0/s1. The first-order chi connectivity index (χ1) is 11.0. The number of carbonyl (C=O) groups excluding carboxylic acids is 1. The Morgan fingerprint density at radius 3 is 2.29 bits per heavy atom. The third-order valence-corrected chi connectivity index (χ3v) is 6.17. The molecule has 1 aromatic carbocycles. The number of nitrogens with two attached hydrogens (primary N) is 1. The molecular formula is C14H19F3N3O3S+. The molecule has 1 fully saturated rings. The Morgan fingerprint density at radius 2 is 1.79 bits per heavy atom. The molecule has 1 amide bonds. The molecule has 1 saturated heterocycles. The minimum Gasteiger partial charge on any atom is -0.365 e. The summed E-state index contributed by atoms with van der Waals surface area (Å²) in [6.45, 7) is 2.30. The zero-order chi connectivity index (χ0) is 18.1. The summed E-state index contributed by atoms with van der Waals surface area (Å²) in [6, 6.07) is 3.65. The number of hydrogen-bond donors (Lipinski definition) is 2. The first-order valence-corrected chi connectivity index (χ1v) is 8.79. The molecule has 1 aliphatic rings. The fourth-order valence-electron chi connectivity index (χ4n) is 2.71. The lowest BCUT2D eigenvalue weighted by Crippen LogP contribution is -3.19. The number of benzene rings is 1. The Kier molecular flexibility index (Phi) is 5.21. The quantitative estimate of drug-likeness (QED) is 0.751. The summed E-state index contributed by atoms with van der Waals surface area (Å²) < 4.78 is 65.4. The van der Waals surface area contributed by atoms with Gasteiger partial charge in [-0.1, -0.05) is 12.1 Å². The van der Waals surface area contributed by atoms with Crippen molar-refractivity contribution in [3.05, 3.63) is 29.8 Å². The molecule has 0 radical (unpaired) electrons. The predicted octanol–water partition coefficient (Wildman–Crippen LogP) is -0.532. The minimum absolute atomic E-state index is 0.0292. The number of hydrogen-bond acceptors (Lipinski definition) is 3. The van der Waals surface area contributed by atoms with E-state index in [1.807, 2.05) is 0 Å². The number of halogens is 3. The largest absolute Gasteiger partial charge is 0.417 e. The third-order valence-electron chi connectivity index (χ3n) is 4.21. The molecule has 1 heterocycles. The van der Waals surface area contributed by atoms with Gasteiger partial charge in [0.25, 0.3) is 5.91 Å². The molecule has 134 valence electrons. The first-order valence-electron chi connectivity index (χ1n) is 7.35. The highest BCUT2D eigenvalue weighted by Gasteiger charge is 2.40. The Balaban J connectivity index is 2.24. The van der Waals surface area contributed by atoms with Crippen molar-refractivity contribution in [3.8, 4) is 0 Å². The van der Waals surface area contributed by atoms with Crippen molar-refractivity contribution in [2.24, 2.45) is 5.73 Å². The van der Waals surface area contributed by atoms with Gasteiger partial charge in [0.1, 0.15) is 0 Å². The molecule has 1 aromatic rings. The van der Waals surface area contributed by atoms with E-state index in [-0.39, 0.29) is 13.1 Å². The van der Waals surface area contributed by atoms with Crippen molar-refractivity contribution in [1.29, 1.82) is 0 Å². The van der Waals surface area contributed by atoms with Crippen molar-refractivity contribution in [3.63, 3.8) is 0 Å². The zero-order valence-corrected chi connectivity index (χ0v) is 13.8. The Morgan fingerprint density at radius 1 is 1.25 bits per heavy atom. The average molecular weight is 366 g/mol. The van der Waals surface area contributed by atoms with E-state index in [1.165, 1.54) is 6.07 Å². The van der Waals surface area contributed by atoms with E-state index in [0.29, 0.717) is 13.1 Å². The maximum atomic E-state index is 13.1. The zero-order valence-electron chi connectivity index (χ0n) is 13.0. The molecule has 0 bridgehead atoms. The van der Waals surface area contributed by atoms with Crippen molar-refractivity contribution >= 4 is 15.9 Å². The van der Waals surface area contributed by atoms with Crippen LogP contribution in [0.25, 0.3) is 0 Å². The van der Waals surface area contributed by atoms with E-state index in [1.54, 1.807) is 6.92 Å². The topological polar surface area (TPSA) is 84.9 Å². The maximum Gasteiger partial charge on any atom is 0.417 e. The van der Waals surface area contributed by atoms with E-state index < -0.39 is 38.6 Å². The summed E-state index contributed by atoms with van der Waals surface area (Å²) in [5.41, 5.74) is 4.05. The second-order valence-corrected chi connectivity index (χ2v) is 7.59. The molecular weight excluding hydrogens is 347 g/mol. The van der Waals surface area contributed by atoms with Crippen LogP contribution in [0.4, 0.5) is 13.2 Å². The van der Waals surface area contributed by atoms with Crippen molar-refractivity contribution in [2.75, 3.05) is 26.2 Å². The average Bonchev–Trinajstić information content (AvgIpc) is 2.53. The smallest absolute Gasteiger partial charge is 0.365 e. The summed E-state index contributed by atoms with van der Waals surface area (Å²) in [5.74, 6) is -0.497. The van der Waals surface area contributed by atoms with E-state index in [0.717, 1.165) is 27.4 Å². The lowest BCUT2D eigenvalue weighted by atomic mass is 10.2. The van der Waals surface area contributed by atoms with Gasteiger partial charge in [-0.3, -0.25) is 4.79 Å². The molecule has 1 atom stereocenters. The summed E-state index contributed by atoms with van der Waals surface area (Å²) in [7, 11) is -4.26. The number of sulfonamides is 1. The van der Waals surface area contributed by atoms with Crippen molar-refractivity contribution in [1.82, 2.24) is 4.31 Å². The van der Waals surface area contributed by atoms with Gasteiger partial charge in [0, 0.05) is 0 Å². The van der Waals surface area contributed by atoms with E-state index in [9.17, 15) is 26.4 Å². The third kappa shape index (κ3) is 3.70. The number of rotatable bonds is 4.